The first-order chi connectivity index (χ1) is 7.43. The van der Waals surface area contributed by atoms with Crippen LogP contribution in [0.2, 0.25) is 0 Å². The van der Waals surface area contributed by atoms with Crippen molar-refractivity contribution in [3.8, 4) is 0 Å². The van der Waals surface area contributed by atoms with E-state index >= 15 is 0 Å². The van der Waals surface area contributed by atoms with Crippen LogP contribution in [-0.4, -0.2) is 28.9 Å². The molecule has 0 aromatic carbocycles. The summed E-state index contributed by atoms with van der Waals surface area (Å²) in [5.74, 6) is 1.34. The number of hydrogen-bond donors (Lipinski definition) is 1. The Balaban J connectivity index is 2.03. The van der Waals surface area contributed by atoms with Crippen LogP contribution in [0.1, 0.15) is 46.5 Å². The van der Waals surface area contributed by atoms with Gasteiger partial charge in [-0.2, -0.15) is 0 Å². The largest absolute Gasteiger partial charge is 0.338 e. The lowest BCUT2D eigenvalue weighted by Gasteiger charge is -2.40. The smallest absolute Gasteiger partial charge is 0.242 e. The Labute approximate surface area is 98.4 Å². The van der Waals surface area contributed by atoms with Gasteiger partial charge < -0.3 is 10.6 Å². The number of likely N-dealkylation sites (tertiary alicyclic amines) is 1. The molecule has 2 rings (SSSR count). The van der Waals surface area contributed by atoms with Gasteiger partial charge in [0.15, 0.2) is 0 Å². The maximum atomic E-state index is 12.4. The number of nitrogens with two attached hydrogens (primary N) is 1. The van der Waals surface area contributed by atoms with Crippen LogP contribution in [0.5, 0.6) is 0 Å². The van der Waals surface area contributed by atoms with Crippen molar-refractivity contribution in [1.29, 1.82) is 0 Å². The van der Waals surface area contributed by atoms with E-state index in [9.17, 15) is 4.79 Å². The topological polar surface area (TPSA) is 46.3 Å². The highest BCUT2D eigenvalue weighted by Crippen LogP contribution is 2.39. The molecule has 3 nitrogen and oxygen atoms in total. The summed E-state index contributed by atoms with van der Waals surface area (Å²) in [7, 11) is 0. The van der Waals surface area contributed by atoms with Crippen LogP contribution < -0.4 is 5.73 Å². The fourth-order valence-electron chi connectivity index (χ4n) is 2.88. The highest BCUT2D eigenvalue weighted by atomic mass is 16.2. The predicted molar refractivity (Wildman–Crippen MR) is 64.9 cm³/mol. The summed E-state index contributed by atoms with van der Waals surface area (Å²) >= 11 is 0. The number of piperidine rings is 1. The Hall–Kier alpha value is -0.570. The predicted octanol–water partition coefficient (Wildman–Crippen LogP) is 1.76. The van der Waals surface area contributed by atoms with Crippen LogP contribution in [0, 0.1) is 11.8 Å². The van der Waals surface area contributed by atoms with Crippen LogP contribution in [-0.2, 0) is 4.79 Å². The van der Waals surface area contributed by atoms with Gasteiger partial charge in [0.1, 0.15) is 0 Å². The van der Waals surface area contributed by atoms with Gasteiger partial charge in [-0.05, 0) is 51.4 Å². The zero-order chi connectivity index (χ0) is 11.9. The van der Waals surface area contributed by atoms with Gasteiger partial charge in [0.05, 0.1) is 5.54 Å². The summed E-state index contributed by atoms with van der Waals surface area (Å²) in [5, 5.41) is 0. The lowest BCUT2D eigenvalue weighted by atomic mass is 9.89. The van der Waals surface area contributed by atoms with E-state index < -0.39 is 5.54 Å². The van der Waals surface area contributed by atoms with E-state index in [0.717, 1.165) is 38.1 Å². The Morgan fingerprint density at radius 2 is 1.94 bits per heavy atom. The molecule has 0 aromatic heterocycles. The van der Waals surface area contributed by atoms with E-state index in [-0.39, 0.29) is 5.91 Å². The molecule has 1 amide bonds. The zero-order valence-electron chi connectivity index (χ0n) is 10.7. The minimum atomic E-state index is -0.616. The van der Waals surface area contributed by atoms with Crippen LogP contribution in [0.25, 0.3) is 0 Å². The Bertz CT molecular complexity index is 284. The minimum Gasteiger partial charge on any atom is -0.338 e. The molecule has 1 saturated heterocycles. The number of carbonyl (C=O) groups is 1. The first kappa shape index (κ1) is 11.9. The fourth-order valence-corrected chi connectivity index (χ4v) is 2.88. The average molecular weight is 224 g/mol. The molecule has 1 aliphatic carbocycles. The molecule has 1 aliphatic heterocycles. The highest BCUT2D eigenvalue weighted by molar-refractivity contribution is 5.86. The minimum absolute atomic E-state index is 0.175. The SMILES string of the molecule is CC1CCN(C(=O)C(C)(N)C2CC2)C(C)C1. The van der Waals surface area contributed by atoms with Crippen LogP contribution >= 0.6 is 0 Å². The quantitative estimate of drug-likeness (QED) is 0.777. The third-order valence-corrected chi connectivity index (χ3v) is 4.29. The van der Waals surface area contributed by atoms with Gasteiger partial charge in [-0.25, -0.2) is 0 Å². The van der Waals surface area contributed by atoms with Crippen molar-refractivity contribution < 1.29 is 4.79 Å². The molecular formula is C13H24N2O. The van der Waals surface area contributed by atoms with Gasteiger partial charge in [0.2, 0.25) is 5.91 Å². The lowest BCUT2D eigenvalue weighted by Crippen LogP contribution is -2.58. The van der Waals surface area contributed by atoms with E-state index in [1.807, 2.05) is 11.8 Å². The van der Waals surface area contributed by atoms with Gasteiger partial charge >= 0.3 is 0 Å². The normalized spacial score (nSPS) is 34.6. The Morgan fingerprint density at radius 3 is 2.44 bits per heavy atom. The molecule has 2 fully saturated rings. The molecule has 92 valence electrons. The summed E-state index contributed by atoms with van der Waals surface area (Å²) in [6.07, 6.45) is 4.48. The van der Waals surface area contributed by atoms with Crippen molar-refractivity contribution in [2.24, 2.45) is 17.6 Å². The molecule has 3 unspecified atom stereocenters. The molecule has 0 aromatic rings. The number of hydrogen-bond acceptors (Lipinski definition) is 2. The van der Waals surface area contributed by atoms with Crippen LogP contribution in [0.3, 0.4) is 0 Å². The molecule has 0 bridgehead atoms. The lowest BCUT2D eigenvalue weighted by molar-refractivity contribution is -0.141. The first-order valence-electron chi connectivity index (χ1n) is 6.53. The van der Waals surface area contributed by atoms with Crippen molar-refractivity contribution in [2.75, 3.05) is 6.54 Å². The van der Waals surface area contributed by atoms with Gasteiger partial charge in [-0.3, -0.25) is 4.79 Å². The monoisotopic (exact) mass is 224 g/mol. The summed E-state index contributed by atoms with van der Waals surface area (Å²) in [6.45, 7) is 7.22. The molecule has 0 spiro atoms. The second kappa shape index (κ2) is 4.02. The summed E-state index contributed by atoms with van der Waals surface area (Å²) < 4.78 is 0. The van der Waals surface area contributed by atoms with Gasteiger partial charge in [0.25, 0.3) is 0 Å². The molecule has 1 heterocycles. The second-order valence-electron chi connectivity index (χ2n) is 6.03. The third-order valence-electron chi connectivity index (χ3n) is 4.29. The average Bonchev–Trinajstić information content (AvgIpc) is 2.99. The van der Waals surface area contributed by atoms with E-state index in [0.29, 0.717) is 12.0 Å². The standard InChI is InChI=1S/C13H24N2O/c1-9-6-7-15(10(2)8-9)12(16)13(3,14)11-4-5-11/h9-11H,4-8,14H2,1-3H3. The van der Waals surface area contributed by atoms with Crippen LogP contribution in [0.15, 0.2) is 0 Å². The van der Waals surface area contributed by atoms with Crippen molar-refractivity contribution >= 4 is 5.91 Å². The van der Waals surface area contributed by atoms with Crippen molar-refractivity contribution in [3.05, 3.63) is 0 Å². The molecule has 2 N–H and O–H groups in total. The van der Waals surface area contributed by atoms with Crippen LogP contribution in [0.4, 0.5) is 0 Å². The molecule has 3 atom stereocenters. The number of rotatable bonds is 2. The summed E-state index contributed by atoms with van der Waals surface area (Å²) in [5.41, 5.74) is 5.59. The molecular weight excluding hydrogens is 200 g/mol. The molecule has 2 aliphatic rings. The van der Waals surface area contributed by atoms with Gasteiger partial charge in [0, 0.05) is 12.6 Å². The van der Waals surface area contributed by atoms with E-state index in [2.05, 4.69) is 13.8 Å². The molecule has 16 heavy (non-hydrogen) atoms. The summed E-state index contributed by atoms with van der Waals surface area (Å²) in [6, 6.07) is 0.359. The third kappa shape index (κ3) is 2.10. The Kier molecular flexibility index (Phi) is 2.99. The van der Waals surface area contributed by atoms with E-state index in [4.69, 9.17) is 5.73 Å². The Morgan fingerprint density at radius 1 is 1.31 bits per heavy atom. The first-order valence-corrected chi connectivity index (χ1v) is 6.53. The molecule has 0 radical (unpaired) electrons. The van der Waals surface area contributed by atoms with E-state index in [1.165, 1.54) is 0 Å². The molecule has 3 heteroatoms. The number of nitrogens with zero attached hydrogens (tertiary/aromatic N) is 1. The van der Waals surface area contributed by atoms with Crippen molar-refractivity contribution in [2.45, 2.75) is 58.0 Å². The molecule has 1 saturated carbocycles. The second-order valence-corrected chi connectivity index (χ2v) is 6.03. The maximum absolute atomic E-state index is 12.4. The van der Waals surface area contributed by atoms with Gasteiger partial charge in [-0.15, -0.1) is 0 Å². The maximum Gasteiger partial charge on any atom is 0.242 e. The van der Waals surface area contributed by atoms with E-state index in [1.54, 1.807) is 0 Å². The number of amides is 1. The fraction of sp³-hybridized carbons (Fsp3) is 0.923. The highest BCUT2D eigenvalue weighted by Gasteiger charge is 2.47. The summed E-state index contributed by atoms with van der Waals surface area (Å²) in [4.78, 5) is 14.4. The van der Waals surface area contributed by atoms with Crippen molar-refractivity contribution in [3.63, 3.8) is 0 Å². The number of carbonyl (C=O) groups excluding carboxylic acids is 1. The van der Waals surface area contributed by atoms with Gasteiger partial charge in [-0.1, -0.05) is 6.92 Å². The van der Waals surface area contributed by atoms with Crippen molar-refractivity contribution in [1.82, 2.24) is 4.90 Å². The zero-order valence-corrected chi connectivity index (χ0v) is 10.7.